The summed E-state index contributed by atoms with van der Waals surface area (Å²) in [5.41, 5.74) is 6.67. The van der Waals surface area contributed by atoms with E-state index in [4.69, 9.17) is 15.0 Å². The zero-order valence-corrected chi connectivity index (χ0v) is 29.2. The van der Waals surface area contributed by atoms with Gasteiger partial charge in [0.25, 0.3) is 0 Å². The molecule has 1 aliphatic heterocycles. The molecule has 5 N–H and O–H groups in total. The van der Waals surface area contributed by atoms with Gasteiger partial charge in [-0.3, -0.25) is 9.79 Å². The van der Waals surface area contributed by atoms with Gasteiger partial charge < -0.3 is 25.7 Å². The number of sulfonamides is 1. The Hall–Kier alpha value is -2.15. The van der Waals surface area contributed by atoms with Crippen molar-refractivity contribution in [2.45, 2.75) is 128 Å². The quantitative estimate of drug-likeness (QED) is 0.0914. The lowest BCUT2D eigenvalue weighted by molar-refractivity contribution is -0.199. The maximum Gasteiger partial charge on any atom is 0.481 e. The monoisotopic (exact) mass is 645 g/mol. The van der Waals surface area contributed by atoms with Gasteiger partial charge in [-0.25, -0.2) is 8.42 Å². The van der Waals surface area contributed by atoms with Crippen LogP contribution in [-0.4, -0.2) is 64.7 Å². The van der Waals surface area contributed by atoms with Gasteiger partial charge >= 0.3 is 7.12 Å². The van der Waals surface area contributed by atoms with Crippen LogP contribution in [0.2, 0.25) is 0 Å². The van der Waals surface area contributed by atoms with E-state index in [1.165, 1.54) is 0 Å². The van der Waals surface area contributed by atoms with Crippen LogP contribution in [0.15, 0.2) is 34.2 Å². The average molecular weight is 646 g/mol. The number of nitrogens with zero attached hydrogens (tertiary/aromatic N) is 1. The van der Waals surface area contributed by atoms with Crippen molar-refractivity contribution >= 4 is 29.0 Å². The van der Waals surface area contributed by atoms with Crippen LogP contribution in [0.5, 0.6) is 0 Å². The van der Waals surface area contributed by atoms with Crippen molar-refractivity contribution in [2.75, 3.05) is 13.6 Å². The first-order valence-electron chi connectivity index (χ1n) is 16.9. The summed E-state index contributed by atoms with van der Waals surface area (Å²) in [6, 6.07) is 5.96. The fourth-order valence-electron chi connectivity index (χ4n) is 7.62. The fourth-order valence-corrected chi connectivity index (χ4v) is 8.85. The van der Waals surface area contributed by atoms with Crippen molar-refractivity contribution < 1.29 is 22.5 Å². The largest absolute Gasteiger partial charge is 0.481 e. The Morgan fingerprint density at radius 1 is 1.13 bits per heavy atom. The number of nitrogens with one attached hydrogen (secondary N) is 3. The first kappa shape index (κ1) is 35.7. The number of rotatable bonds is 16. The Morgan fingerprint density at radius 3 is 2.47 bits per heavy atom. The molecule has 0 unspecified atom stereocenters. The van der Waals surface area contributed by atoms with E-state index in [0.717, 1.165) is 44.1 Å². The smallest absolute Gasteiger partial charge is 0.404 e. The molecule has 0 radical (unpaired) electrons. The van der Waals surface area contributed by atoms with Crippen LogP contribution < -0.4 is 21.1 Å². The van der Waals surface area contributed by atoms with E-state index in [1.54, 1.807) is 19.2 Å². The standard InChI is InChI=1S/C33H56BN5O5S/c1-8-9-10-12-23-14-16-25(17-15-23)45(41,42)39-26(13-11-18-37-31(35)36-7)30(40)38-29(19-22(2)3)34-43-28-21-24-20-27(32(24,4)5)33(28,6)44-34/h14-17,22,24,26-29,39H,8-13,18-21H2,1-7H3,(H,38,40)(H3,35,36,37)/t24-,26-,27-,28+,29-,33-/m0/s1. The summed E-state index contributed by atoms with van der Waals surface area (Å²) in [6.45, 7) is 13.6. The number of hydrogen-bond donors (Lipinski definition) is 4. The second-order valence-electron chi connectivity index (χ2n) is 14.5. The minimum absolute atomic E-state index is 0.0122. The fraction of sp³-hybridized carbons (Fsp3) is 0.758. The zero-order valence-electron chi connectivity index (χ0n) is 28.4. The summed E-state index contributed by atoms with van der Waals surface area (Å²) in [5, 5.41) is 6.14. The molecule has 4 fully saturated rings. The molecule has 1 aromatic rings. The Labute approximate surface area is 271 Å². The molecule has 4 aliphatic rings. The molecule has 6 atom stereocenters. The lowest BCUT2D eigenvalue weighted by Gasteiger charge is -2.64. The van der Waals surface area contributed by atoms with E-state index in [-0.39, 0.29) is 28.8 Å². The van der Waals surface area contributed by atoms with Gasteiger partial charge in [-0.2, -0.15) is 4.72 Å². The van der Waals surface area contributed by atoms with Gasteiger partial charge in [-0.15, -0.1) is 0 Å². The molecule has 0 spiro atoms. The number of guanidine groups is 1. The molecule has 3 aliphatic carbocycles. The minimum atomic E-state index is -3.97. The summed E-state index contributed by atoms with van der Waals surface area (Å²) >= 11 is 0. The number of carbonyl (C=O) groups is 1. The van der Waals surface area contributed by atoms with Crippen LogP contribution in [-0.2, 0) is 30.5 Å². The van der Waals surface area contributed by atoms with Crippen molar-refractivity contribution in [3.05, 3.63) is 29.8 Å². The number of nitrogens with two attached hydrogens (primary N) is 1. The van der Waals surface area contributed by atoms with Gasteiger partial charge in [0.15, 0.2) is 5.96 Å². The topological polar surface area (TPSA) is 144 Å². The molecule has 0 aromatic heterocycles. The number of amides is 1. The summed E-state index contributed by atoms with van der Waals surface area (Å²) < 4.78 is 43.1. The van der Waals surface area contributed by atoms with Gasteiger partial charge in [-0.05, 0) is 92.7 Å². The number of benzene rings is 1. The normalized spacial score (nSPS) is 27.1. The van der Waals surface area contributed by atoms with Gasteiger partial charge in [0.05, 0.1) is 22.5 Å². The van der Waals surface area contributed by atoms with Crippen molar-refractivity contribution in [1.82, 2.24) is 15.4 Å². The van der Waals surface area contributed by atoms with Crippen molar-refractivity contribution in [3.63, 3.8) is 0 Å². The highest BCUT2D eigenvalue weighted by Gasteiger charge is 2.68. The van der Waals surface area contributed by atoms with Gasteiger partial charge in [-0.1, -0.05) is 59.6 Å². The predicted octanol–water partition coefficient (Wildman–Crippen LogP) is 4.18. The molecule has 5 rings (SSSR count). The SMILES string of the molecule is CCCCCc1ccc(S(=O)(=O)N[C@@H](CCCNC(N)=NC)C(=O)N[C@@H](CC(C)C)B2O[C@@H]3C[C@@H]4C[C@@H](C4(C)C)[C@]3(C)O2)cc1. The lowest BCUT2D eigenvalue weighted by Crippen LogP contribution is -2.65. The van der Waals surface area contributed by atoms with E-state index in [2.05, 4.69) is 61.9 Å². The van der Waals surface area contributed by atoms with Crippen LogP contribution in [0, 0.1) is 23.2 Å². The molecule has 10 nitrogen and oxygen atoms in total. The lowest BCUT2D eigenvalue weighted by atomic mass is 9.43. The van der Waals surface area contributed by atoms with Crippen LogP contribution in [0.1, 0.15) is 98.5 Å². The number of unbranched alkanes of at least 4 members (excludes halogenated alkanes) is 2. The van der Waals surface area contributed by atoms with E-state index in [9.17, 15) is 13.2 Å². The Bertz CT molecular complexity index is 1290. The molecule has 1 amide bonds. The molecule has 12 heteroatoms. The van der Waals surface area contributed by atoms with Gasteiger partial charge in [0.1, 0.15) is 6.04 Å². The van der Waals surface area contributed by atoms with Crippen LogP contribution in [0.4, 0.5) is 0 Å². The third-order valence-corrected chi connectivity index (χ3v) is 12.0. The number of carbonyl (C=O) groups excluding carboxylic acids is 1. The van der Waals surface area contributed by atoms with E-state index >= 15 is 0 Å². The zero-order chi connectivity index (χ0) is 33.0. The van der Waals surface area contributed by atoms with E-state index < -0.39 is 40.6 Å². The number of hydrogen-bond acceptors (Lipinski definition) is 6. The number of aliphatic imine (C=N–C) groups is 1. The molecule has 3 saturated carbocycles. The Balaban J connectivity index is 1.49. The second kappa shape index (κ2) is 14.7. The van der Waals surface area contributed by atoms with Gasteiger partial charge in [0, 0.05) is 13.6 Å². The van der Waals surface area contributed by atoms with Crippen LogP contribution in [0.3, 0.4) is 0 Å². The minimum Gasteiger partial charge on any atom is -0.404 e. The van der Waals surface area contributed by atoms with Crippen LogP contribution >= 0.6 is 0 Å². The number of aryl methyl sites for hydroxylation is 1. The van der Waals surface area contributed by atoms with Crippen molar-refractivity contribution in [3.8, 4) is 0 Å². The average Bonchev–Trinajstić information content (AvgIpc) is 3.35. The summed E-state index contributed by atoms with van der Waals surface area (Å²) in [4.78, 5) is 18.0. The summed E-state index contributed by atoms with van der Waals surface area (Å²) in [7, 11) is -2.97. The maximum absolute atomic E-state index is 13.9. The van der Waals surface area contributed by atoms with Crippen LogP contribution in [0.25, 0.3) is 0 Å². The van der Waals surface area contributed by atoms with Crippen molar-refractivity contribution in [2.24, 2.45) is 33.9 Å². The highest BCUT2D eigenvalue weighted by atomic mass is 32.2. The molecule has 1 saturated heterocycles. The Kier molecular flexibility index (Phi) is 11.7. The molecule has 2 bridgehead atoms. The molecule has 252 valence electrons. The summed E-state index contributed by atoms with van der Waals surface area (Å²) in [6.07, 6.45) is 7.72. The highest BCUT2D eigenvalue weighted by Crippen LogP contribution is 2.65. The van der Waals surface area contributed by atoms with E-state index in [0.29, 0.717) is 37.2 Å². The third kappa shape index (κ3) is 8.23. The second-order valence-corrected chi connectivity index (χ2v) is 16.2. The first-order chi connectivity index (χ1) is 21.2. The first-order valence-corrected chi connectivity index (χ1v) is 18.4. The molecule has 45 heavy (non-hydrogen) atoms. The predicted molar refractivity (Wildman–Crippen MR) is 180 cm³/mol. The summed E-state index contributed by atoms with van der Waals surface area (Å²) in [5.74, 6) is 0.753. The molecule has 1 aromatic carbocycles. The highest BCUT2D eigenvalue weighted by molar-refractivity contribution is 7.89. The maximum atomic E-state index is 13.9. The van der Waals surface area contributed by atoms with Crippen molar-refractivity contribution in [1.29, 1.82) is 0 Å². The van der Waals surface area contributed by atoms with E-state index in [1.807, 2.05) is 12.1 Å². The Morgan fingerprint density at radius 2 is 1.84 bits per heavy atom. The molecular weight excluding hydrogens is 589 g/mol. The van der Waals surface area contributed by atoms with Gasteiger partial charge in [0.2, 0.25) is 15.9 Å². The molecule has 1 heterocycles. The molecular formula is C33H56BN5O5S. The third-order valence-electron chi connectivity index (χ3n) is 10.5.